The van der Waals surface area contributed by atoms with Gasteiger partial charge >= 0.3 is 7.12 Å². The Labute approximate surface area is 88.4 Å². The molecular formula is C9H12BClO3. The predicted molar refractivity (Wildman–Crippen MR) is 57.2 cm³/mol. The van der Waals surface area contributed by atoms with E-state index in [0.29, 0.717) is 22.8 Å². The molecule has 0 aliphatic carbocycles. The lowest BCUT2D eigenvalue weighted by molar-refractivity contribution is 0.340. The summed E-state index contributed by atoms with van der Waals surface area (Å²) < 4.78 is 5.26. The number of ether oxygens (including phenoxy) is 1. The van der Waals surface area contributed by atoms with Gasteiger partial charge in [-0.05, 0) is 25.5 Å². The van der Waals surface area contributed by atoms with Crippen LogP contribution in [0.3, 0.4) is 0 Å². The van der Waals surface area contributed by atoms with Gasteiger partial charge in [0.05, 0.1) is 11.6 Å². The molecule has 1 aromatic rings. The largest absolute Gasteiger partial charge is 0.493 e. The normalized spacial score (nSPS) is 10.1. The molecule has 0 bridgehead atoms. The average molecular weight is 214 g/mol. The second-order valence-corrected chi connectivity index (χ2v) is 3.32. The van der Waals surface area contributed by atoms with Crippen molar-refractivity contribution in [3.8, 4) is 5.75 Å². The second-order valence-electron chi connectivity index (χ2n) is 2.91. The van der Waals surface area contributed by atoms with E-state index in [1.807, 2.05) is 6.92 Å². The van der Waals surface area contributed by atoms with Gasteiger partial charge in [-0.2, -0.15) is 0 Å². The molecular weight excluding hydrogens is 202 g/mol. The third kappa shape index (κ3) is 2.21. The Morgan fingerprint density at radius 2 is 2.07 bits per heavy atom. The number of halogens is 1. The summed E-state index contributed by atoms with van der Waals surface area (Å²) in [4.78, 5) is 0. The zero-order valence-corrected chi connectivity index (χ0v) is 8.88. The van der Waals surface area contributed by atoms with Crippen LogP contribution in [0, 0.1) is 6.92 Å². The second kappa shape index (κ2) is 4.69. The van der Waals surface area contributed by atoms with Crippen molar-refractivity contribution < 1.29 is 14.8 Å². The average Bonchev–Trinajstić information content (AvgIpc) is 2.11. The van der Waals surface area contributed by atoms with E-state index in [-0.39, 0.29) is 0 Å². The Balaban J connectivity index is 3.26. The van der Waals surface area contributed by atoms with E-state index in [2.05, 4.69) is 0 Å². The fraction of sp³-hybridized carbons (Fsp3) is 0.333. The molecule has 2 N–H and O–H groups in total. The Bertz CT molecular complexity index is 328. The quantitative estimate of drug-likeness (QED) is 0.729. The zero-order valence-electron chi connectivity index (χ0n) is 8.12. The van der Waals surface area contributed by atoms with Crippen LogP contribution in [0.4, 0.5) is 0 Å². The van der Waals surface area contributed by atoms with Gasteiger partial charge in [-0.15, -0.1) is 0 Å². The molecule has 1 rings (SSSR count). The number of aryl methyl sites for hydroxylation is 1. The SMILES string of the molecule is CCOc1c(Cl)ccc(C)c1B(O)O. The van der Waals surface area contributed by atoms with Crippen LogP contribution >= 0.6 is 11.6 Å². The molecule has 0 heterocycles. The summed E-state index contributed by atoms with van der Waals surface area (Å²) >= 11 is 5.88. The van der Waals surface area contributed by atoms with Crippen LogP contribution in [-0.4, -0.2) is 23.8 Å². The molecule has 0 aromatic heterocycles. The summed E-state index contributed by atoms with van der Waals surface area (Å²) in [7, 11) is -1.56. The first kappa shape index (κ1) is 11.4. The summed E-state index contributed by atoms with van der Waals surface area (Å²) in [6.45, 7) is 4.02. The van der Waals surface area contributed by atoms with Crippen LogP contribution in [0.5, 0.6) is 5.75 Å². The molecule has 0 aliphatic rings. The topological polar surface area (TPSA) is 49.7 Å². The molecule has 0 saturated heterocycles. The molecule has 14 heavy (non-hydrogen) atoms. The van der Waals surface area contributed by atoms with E-state index in [1.165, 1.54) is 0 Å². The van der Waals surface area contributed by atoms with Gasteiger partial charge in [-0.25, -0.2) is 0 Å². The van der Waals surface area contributed by atoms with E-state index in [9.17, 15) is 0 Å². The van der Waals surface area contributed by atoms with Crippen molar-refractivity contribution in [1.82, 2.24) is 0 Å². The van der Waals surface area contributed by atoms with Crippen LogP contribution in [-0.2, 0) is 0 Å². The molecule has 0 radical (unpaired) electrons. The summed E-state index contributed by atoms with van der Waals surface area (Å²) in [6, 6.07) is 3.40. The number of rotatable bonds is 3. The lowest BCUT2D eigenvalue weighted by Gasteiger charge is -2.13. The van der Waals surface area contributed by atoms with Crippen molar-refractivity contribution in [2.24, 2.45) is 0 Å². The van der Waals surface area contributed by atoms with Crippen molar-refractivity contribution in [3.05, 3.63) is 22.7 Å². The minimum Gasteiger partial charge on any atom is -0.493 e. The third-order valence-corrected chi connectivity index (χ3v) is 2.21. The molecule has 3 nitrogen and oxygen atoms in total. The highest BCUT2D eigenvalue weighted by atomic mass is 35.5. The fourth-order valence-corrected chi connectivity index (χ4v) is 1.50. The van der Waals surface area contributed by atoms with Crippen LogP contribution in [0.2, 0.25) is 5.02 Å². The molecule has 0 aliphatic heterocycles. The number of hydrogen-bond acceptors (Lipinski definition) is 3. The zero-order chi connectivity index (χ0) is 10.7. The van der Waals surface area contributed by atoms with Crippen molar-refractivity contribution in [3.63, 3.8) is 0 Å². The van der Waals surface area contributed by atoms with Gasteiger partial charge in [0.15, 0.2) is 0 Å². The standard InChI is InChI=1S/C9H12BClO3/c1-3-14-9-7(11)5-4-6(2)8(9)10(12)13/h4-5,12-13H,3H2,1-2H3. The Morgan fingerprint density at radius 1 is 1.43 bits per heavy atom. The van der Waals surface area contributed by atoms with Gasteiger partial charge in [0.2, 0.25) is 0 Å². The summed E-state index contributed by atoms with van der Waals surface area (Å²) in [5.41, 5.74) is 1.08. The van der Waals surface area contributed by atoms with E-state index in [1.54, 1.807) is 19.1 Å². The van der Waals surface area contributed by atoms with E-state index < -0.39 is 7.12 Å². The van der Waals surface area contributed by atoms with Crippen LogP contribution in [0.25, 0.3) is 0 Å². The fourth-order valence-electron chi connectivity index (χ4n) is 1.28. The monoisotopic (exact) mass is 214 g/mol. The molecule has 5 heteroatoms. The van der Waals surface area contributed by atoms with Crippen molar-refractivity contribution >= 4 is 24.2 Å². The molecule has 0 fully saturated rings. The van der Waals surface area contributed by atoms with Crippen LogP contribution in [0.15, 0.2) is 12.1 Å². The maximum atomic E-state index is 9.15. The third-order valence-electron chi connectivity index (χ3n) is 1.91. The van der Waals surface area contributed by atoms with Crippen molar-refractivity contribution in [2.45, 2.75) is 13.8 Å². The van der Waals surface area contributed by atoms with Crippen LogP contribution < -0.4 is 10.2 Å². The highest BCUT2D eigenvalue weighted by Crippen LogP contribution is 2.23. The molecule has 0 unspecified atom stereocenters. The van der Waals surface area contributed by atoms with E-state index in [0.717, 1.165) is 5.56 Å². The van der Waals surface area contributed by atoms with Gasteiger partial charge in [-0.1, -0.05) is 17.7 Å². The minimum absolute atomic E-state index is 0.333. The Hall–Kier alpha value is -0.705. The summed E-state index contributed by atoms with van der Waals surface area (Å²) in [5, 5.41) is 18.7. The van der Waals surface area contributed by atoms with Gasteiger partial charge in [-0.3, -0.25) is 0 Å². The van der Waals surface area contributed by atoms with E-state index in [4.69, 9.17) is 26.4 Å². The molecule has 76 valence electrons. The first-order valence-electron chi connectivity index (χ1n) is 4.35. The summed E-state index contributed by atoms with van der Waals surface area (Å²) in [6.07, 6.45) is 0. The number of hydrogen-bond donors (Lipinski definition) is 2. The Kier molecular flexibility index (Phi) is 3.81. The van der Waals surface area contributed by atoms with Gasteiger partial charge in [0.25, 0.3) is 0 Å². The maximum absolute atomic E-state index is 9.15. The maximum Gasteiger partial charge on any atom is 0.492 e. The van der Waals surface area contributed by atoms with Crippen molar-refractivity contribution in [1.29, 1.82) is 0 Å². The first-order valence-corrected chi connectivity index (χ1v) is 4.73. The van der Waals surface area contributed by atoms with Crippen LogP contribution in [0.1, 0.15) is 12.5 Å². The molecule has 0 spiro atoms. The highest BCUT2D eigenvalue weighted by Gasteiger charge is 2.21. The van der Waals surface area contributed by atoms with Gasteiger partial charge < -0.3 is 14.8 Å². The minimum atomic E-state index is -1.56. The molecule has 0 amide bonds. The highest BCUT2D eigenvalue weighted by molar-refractivity contribution is 6.61. The Morgan fingerprint density at radius 3 is 2.57 bits per heavy atom. The predicted octanol–water partition coefficient (Wildman–Crippen LogP) is 0.727. The smallest absolute Gasteiger partial charge is 0.492 e. The van der Waals surface area contributed by atoms with Gasteiger partial charge in [0.1, 0.15) is 5.75 Å². The molecule has 1 aromatic carbocycles. The van der Waals surface area contributed by atoms with Gasteiger partial charge in [0, 0.05) is 5.46 Å². The number of benzene rings is 1. The molecule has 0 saturated carbocycles. The molecule has 0 atom stereocenters. The van der Waals surface area contributed by atoms with E-state index >= 15 is 0 Å². The lowest BCUT2D eigenvalue weighted by Crippen LogP contribution is -2.33. The van der Waals surface area contributed by atoms with Crippen molar-refractivity contribution in [2.75, 3.05) is 6.61 Å². The lowest BCUT2D eigenvalue weighted by atomic mass is 9.76. The summed E-state index contributed by atoms with van der Waals surface area (Å²) in [5.74, 6) is 0.351. The first-order chi connectivity index (χ1) is 6.57.